The minimum Gasteiger partial charge on any atom is -0.394 e. The van der Waals surface area contributed by atoms with Gasteiger partial charge in [-0.15, -0.1) is 0 Å². The van der Waals surface area contributed by atoms with Crippen molar-refractivity contribution in [1.82, 2.24) is 5.32 Å². The summed E-state index contributed by atoms with van der Waals surface area (Å²) in [5, 5.41) is 12.2. The molecule has 1 aromatic rings. The number of para-hydroxylation sites is 1. The van der Waals surface area contributed by atoms with Crippen LogP contribution in [0.15, 0.2) is 30.3 Å². The normalized spacial score (nSPS) is 19.3. The molecule has 0 radical (unpaired) electrons. The van der Waals surface area contributed by atoms with Crippen LogP contribution in [0.1, 0.15) is 12.8 Å². The molecule has 1 fully saturated rings. The summed E-state index contributed by atoms with van der Waals surface area (Å²) in [6.07, 6.45) is 2.94. The van der Waals surface area contributed by atoms with E-state index in [2.05, 4.69) is 5.32 Å². The molecule has 1 saturated heterocycles. The number of benzene rings is 1. The van der Waals surface area contributed by atoms with Gasteiger partial charge in [-0.25, -0.2) is 0 Å². The van der Waals surface area contributed by atoms with Crippen LogP contribution in [-0.2, 0) is 9.59 Å². The molecule has 0 saturated carbocycles. The van der Waals surface area contributed by atoms with Gasteiger partial charge >= 0.3 is 0 Å². The maximum Gasteiger partial charge on any atom is 0.227 e. The molecule has 0 aromatic heterocycles. The van der Waals surface area contributed by atoms with Crippen LogP contribution in [0.5, 0.6) is 0 Å². The van der Waals surface area contributed by atoms with Gasteiger partial charge in [0.2, 0.25) is 11.8 Å². The SMILES string of the molecule is CSCC[C@H](CO)NC(=O)[C@H]1CC(=O)N(c2ccccc2)C1. The molecular weight excluding hydrogens is 300 g/mol. The molecule has 0 bridgehead atoms. The lowest BCUT2D eigenvalue weighted by Gasteiger charge is -2.19. The third-order valence-corrected chi connectivity index (χ3v) is 4.44. The number of rotatable bonds is 7. The quantitative estimate of drug-likeness (QED) is 0.793. The number of carbonyl (C=O) groups excluding carboxylic acids is 2. The summed E-state index contributed by atoms with van der Waals surface area (Å²) in [6, 6.07) is 9.15. The van der Waals surface area contributed by atoms with E-state index in [9.17, 15) is 14.7 Å². The summed E-state index contributed by atoms with van der Waals surface area (Å²) in [6.45, 7) is 0.324. The Labute approximate surface area is 135 Å². The van der Waals surface area contributed by atoms with Crippen LogP contribution in [0.2, 0.25) is 0 Å². The first-order valence-corrected chi connectivity index (χ1v) is 8.80. The molecule has 2 amide bonds. The number of hydrogen-bond donors (Lipinski definition) is 2. The minimum absolute atomic E-state index is 0.0315. The number of aliphatic hydroxyl groups excluding tert-OH is 1. The zero-order valence-corrected chi connectivity index (χ0v) is 13.5. The summed E-state index contributed by atoms with van der Waals surface area (Å²) >= 11 is 1.68. The molecule has 22 heavy (non-hydrogen) atoms. The molecule has 2 atom stereocenters. The highest BCUT2D eigenvalue weighted by Crippen LogP contribution is 2.25. The molecule has 0 unspecified atom stereocenters. The number of nitrogens with one attached hydrogen (secondary N) is 1. The van der Waals surface area contributed by atoms with Crippen molar-refractivity contribution in [2.75, 3.05) is 30.1 Å². The molecule has 120 valence electrons. The van der Waals surface area contributed by atoms with Crippen LogP contribution in [0, 0.1) is 5.92 Å². The Morgan fingerprint density at radius 3 is 2.82 bits per heavy atom. The van der Waals surface area contributed by atoms with Crippen molar-refractivity contribution in [3.8, 4) is 0 Å². The van der Waals surface area contributed by atoms with Crippen LogP contribution in [-0.4, -0.2) is 48.1 Å². The number of thioether (sulfide) groups is 1. The van der Waals surface area contributed by atoms with Gasteiger partial charge in [0, 0.05) is 18.7 Å². The van der Waals surface area contributed by atoms with Crippen molar-refractivity contribution < 1.29 is 14.7 Å². The van der Waals surface area contributed by atoms with Crippen LogP contribution < -0.4 is 10.2 Å². The van der Waals surface area contributed by atoms with E-state index < -0.39 is 0 Å². The second-order valence-electron chi connectivity index (χ2n) is 5.41. The number of aliphatic hydroxyl groups is 1. The summed E-state index contributed by atoms with van der Waals surface area (Å²) in [4.78, 5) is 26.1. The molecule has 5 nitrogen and oxygen atoms in total. The lowest BCUT2D eigenvalue weighted by Crippen LogP contribution is -2.42. The van der Waals surface area contributed by atoms with Crippen LogP contribution >= 0.6 is 11.8 Å². The van der Waals surface area contributed by atoms with E-state index in [1.54, 1.807) is 16.7 Å². The predicted molar refractivity (Wildman–Crippen MR) is 88.9 cm³/mol. The van der Waals surface area contributed by atoms with E-state index >= 15 is 0 Å². The lowest BCUT2D eigenvalue weighted by atomic mass is 10.1. The van der Waals surface area contributed by atoms with Crippen LogP contribution in [0.4, 0.5) is 5.69 Å². The van der Waals surface area contributed by atoms with E-state index in [4.69, 9.17) is 0 Å². The Kier molecular flexibility index (Phi) is 6.27. The molecule has 0 aliphatic carbocycles. The Morgan fingerprint density at radius 1 is 1.45 bits per heavy atom. The number of anilines is 1. The highest BCUT2D eigenvalue weighted by Gasteiger charge is 2.35. The molecule has 1 heterocycles. The van der Waals surface area contributed by atoms with Crippen molar-refractivity contribution in [1.29, 1.82) is 0 Å². The van der Waals surface area contributed by atoms with Crippen molar-refractivity contribution in [3.63, 3.8) is 0 Å². The van der Waals surface area contributed by atoms with E-state index in [-0.39, 0.29) is 36.8 Å². The van der Waals surface area contributed by atoms with E-state index in [0.717, 1.165) is 17.9 Å². The summed E-state index contributed by atoms with van der Waals surface area (Å²) in [7, 11) is 0. The molecule has 2 rings (SSSR count). The van der Waals surface area contributed by atoms with Crippen LogP contribution in [0.3, 0.4) is 0 Å². The van der Waals surface area contributed by atoms with E-state index in [1.807, 2.05) is 36.6 Å². The maximum absolute atomic E-state index is 12.3. The average Bonchev–Trinajstić information content (AvgIpc) is 2.94. The van der Waals surface area contributed by atoms with Crippen molar-refractivity contribution in [2.45, 2.75) is 18.9 Å². The highest BCUT2D eigenvalue weighted by molar-refractivity contribution is 7.98. The van der Waals surface area contributed by atoms with Gasteiger partial charge in [0.25, 0.3) is 0 Å². The van der Waals surface area contributed by atoms with Crippen molar-refractivity contribution in [3.05, 3.63) is 30.3 Å². The Hall–Kier alpha value is -1.53. The average molecular weight is 322 g/mol. The maximum atomic E-state index is 12.3. The van der Waals surface area contributed by atoms with Crippen molar-refractivity contribution in [2.24, 2.45) is 5.92 Å². The fraction of sp³-hybridized carbons (Fsp3) is 0.500. The van der Waals surface area contributed by atoms with Gasteiger partial charge in [-0.3, -0.25) is 9.59 Å². The predicted octanol–water partition coefficient (Wildman–Crippen LogP) is 1.27. The second kappa shape index (κ2) is 8.19. The number of nitrogens with zero attached hydrogens (tertiary/aromatic N) is 1. The number of hydrogen-bond acceptors (Lipinski definition) is 4. The standard InChI is InChI=1S/C16H22N2O3S/c1-22-8-7-13(11-19)17-16(21)12-9-15(20)18(10-12)14-5-3-2-4-6-14/h2-6,12-13,19H,7-11H2,1H3,(H,17,21)/t12-,13+/m0/s1. The summed E-state index contributed by atoms with van der Waals surface area (Å²) in [5.41, 5.74) is 0.823. The molecular formula is C16H22N2O3S. The fourth-order valence-corrected chi connectivity index (χ4v) is 3.05. The summed E-state index contributed by atoms with van der Waals surface area (Å²) < 4.78 is 0. The largest absolute Gasteiger partial charge is 0.394 e. The number of amides is 2. The Bertz CT molecular complexity index is 509. The molecule has 1 aliphatic rings. The monoisotopic (exact) mass is 322 g/mol. The molecule has 1 aromatic carbocycles. The van der Waals surface area contributed by atoms with Gasteiger partial charge in [-0.2, -0.15) is 11.8 Å². The molecule has 2 N–H and O–H groups in total. The zero-order chi connectivity index (χ0) is 15.9. The van der Waals surface area contributed by atoms with Gasteiger partial charge in [-0.05, 0) is 30.6 Å². The third kappa shape index (κ3) is 4.24. The first kappa shape index (κ1) is 16.8. The second-order valence-corrected chi connectivity index (χ2v) is 6.40. The Morgan fingerprint density at radius 2 is 2.18 bits per heavy atom. The van der Waals surface area contributed by atoms with Gasteiger partial charge < -0.3 is 15.3 Å². The van der Waals surface area contributed by atoms with Gasteiger partial charge in [-0.1, -0.05) is 18.2 Å². The first-order chi connectivity index (χ1) is 10.7. The van der Waals surface area contributed by atoms with Gasteiger partial charge in [0.15, 0.2) is 0 Å². The molecule has 0 spiro atoms. The number of carbonyl (C=O) groups is 2. The zero-order valence-electron chi connectivity index (χ0n) is 12.7. The topological polar surface area (TPSA) is 69.6 Å². The lowest BCUT2D eigenvalue weighted by molar-refractivity contribution is -0.127. The summed E-state index contributed by atoms with van der Waals surface area (Å²) in [5.74, 6) is 0.351. The smallest absolute Gasteiger partial charge is 0.227 e. The molecule has 1 aliphatic heterocycles. The van der Waals surface area contributed by atoms with E-state index in [0.29, 0.717) is 6.54 Å². The highest BCUT2D eigenvalue weighted by atomic mass is 32.2. The van der Waals surface area contributed by atoms with E-state index in [1.165, 1.54) is 0 Å². The van der Waals surface area contributed by atoms with Crippen molar-refractivity contribution >= 4 is 29.3 Å². The first-order valence-electron chi connectivity index (χ1n) is 7.41. The molecule has 6 heteroatoms. The van der Waals surface area contributed by atoms with Crippen LogP contribution in [0.25, 0.3) is 0 Å². The third-order valence-electron chi connectivity index (χ3n) is 3.80. The fourth-order valence-electron chi connectivity index (χ4n) is 2.53. The van der Waals surface area contributed by atoms with Gasteiger partial charge in [0.1, 0.15) is 0 Å². The Balaban J connectivity index is 1.93. The minimum atomic E-state index is -0.351. The van der Waals surface area contributed by atoms with Gasteiger partial charge in [0.05, 0.1) is 18.6 Å².